The summed E-state index contributed by atoms with van der Waals surface area (Å²) in [5.41, 5.74) is 0.634. The zero-order valence-corrected chi connectivity index (χ0v) is 22.5. The molecule has 0 fully saturated rings. The largest absolute Gasteiger partial charge is 0.507 e. The van der Waals surface area contributed by atoms with Gasteiger partial charge in [0.05, 0.1) is 17.5 Å². The molecular weight excluding hydrogens is 526 g/mol. The number of amides is 1. The van der Waals surface area contributed by atoms with Crippen molar-refractivity contribution in [1.82, 2.24) is 0 Å². The zero-order valence-electron chi connectivity index (χ0n) is 22.5. The quantitative estimate of drug-likeness (QED) is 0.160. The lowest BCUT2D eigenvalue weighted by molar-refractivity contribution is -0.148. The normalized spacial score (nSPS) is 13.0. The van der Waals surface area contributed by atoms with E-state index >= 15 is 0 Å². The van der Waals surface area contributed by atoms with Crippen molar-refractivity contribution >= 4 is 29.1 Å². The highest BCUT2D eigenvalue weighted by molar-refractivity contribution is 6.27. The maximum atomic E-state index is 13.2. The highest BCUT2D eigenvalue weighted by Gasteiger charge is 2.35. The summed E-state index contributed by atoms with van der Waals surface area (Å²) < 4.78 is 11.3. The SMILES string of the molecule is CC(C)=CCC(OC(=O)CCC(=O)Nc1ccc(Oc2ccccc2)cc1)C1=CC(=O)c2c(O)ccc(O)c2C1=O. The number of aromatic hydroxyl groups is 2. The Morgan fingerprint density at radius 1 is 0.854 bits per heavy atom. The molecule has 0 radical (unpaired) electrons. The number of para-hydroxylation sites is 1. The number of phenolic OH excluding ortho intramolecular Hbond substituents is 2. The Hall–Kier alpha value is -5.18. The predicted octanol–water partition coefficient (Wildman–Crippen LogP) is 5.88. The molecule has 1 atom stereocenters. The standard InChI is InChI=1S/C32H29NO8/c1-19(2)8-15-27(23-18-26(36)30-24(34)13-14-25(35)31(30)32(23)39)41-29(38)17-16-28(37)33-20-9-11-22(12-10-20)40-21-6-4-3-5-7-21/h3-14,18,27,34-35H,15-17H2,1-2H3,(H,33,37). The molecule has 3 aromatic rings. The first-order valence-electron chi connectivity index (χ1n) is 12.9. The fourth-order valence-electron chi connectivity index (χ4n) is 4.19. The highest BCUT2D eigenvalue weighted by Crippen LogP contribution is 2.36. The van der Waals surface area contributed by atoms with E-state index in [0.717, 1.165) is 23.8 Å². The van der Waals surface area contributed by atoms with Crippen LogP contribution in [0.25, 0.3) is 0 Å². The van der Waals surface area contributed by atoms with Crippen LogP contribution in [0.3, 0.4) is 0 Å². The van der Waals surface area contributed by atoms with Crippen molar-refractivity contribution in [2.24, 2.45) is 0 Å². The first kappa shape index (κ1) is 28.8. The monoisotopic (exact) mass is 555 g/mol. The van der Waals surface area contributed by atoms with Crippen LogP contribution in [-0.4, -0.2) is 39.8 Å². The second-order valence-electron chi connectivity index (χ2n) is 9.63. The molecule has 9 heteroatoms. The van der Waals surface area contributed by atoms with E-state index in [0.29, 0.717) is 17.2 Å². The van der Waals surface area contributed by atoms with Gasteiger partial charge in [0.1, 0.15) is 29.1 Å². The predicted molar refractivity (Wildman–Crippen MR) is 151 cm³/mol. The highest BCUT2D eigenvalue weighted by atomic mass is 16.5. The lowest BCUT2D eigenvalue weighted by atomic mass is 9.85. The molecule has 0 saturated heterocycles. The van der Waals surface area contributed by atoms with Gasteiger partial charge in [0.2, 0.25) is 5.91 Å². The third-order valence-electron chi connectivity index (χ3n) is 6.22. The molecule has 3 aromatic carbocycles. The van der Waals surface area contributed by atoms with Crippen LogP contribution in [0.2, 0.25) is 0 Å². The van der Waals surface area contributed by atoms with Gasteiger partial charge in [-0.05, 0) is 68.5 Å². The van der Waals surface area contributed by atoms with Crippen LogP contribution in [0.5, 0.6) is 23.0 Å². The topological polar surface area (TPSA) is 139 Å². The molecule has 1 aliphatic rings. The molecule has 0 aliphatic heterocycles. The van der Waals surface area contributed by atoms with E-state index in [1.54, 1.807) is 30.3 Å². The van der Waals surface area contributed by atoms with Crippen molar-refractivity contribution in [3.05, 3.63) is 101 Å². The van der Waals surface area contributed by atoms with E-state index in [1.807, 2.05) is 44.2 Å². The molecule has 1 unspecified atom stereocenters. The number of rotatable bonds is 10. The molecule has 9 nitrogen and oxygen atoms in total. The number of ether oxygens (including phenoxy) is 2. The van der Waals surface area contributed by atoms with E-state index in [2.05, 4.69) is 5.32 Å². The number of anilines is 1. The third kappa shape index (κ3) is 7.27. The van der Waals surface area contributed by atoms with Crippen LogP contribution in [0.4, 0.5) is 5.69 Å². The number of esters is 1. The van der Waals surface area contributed by atoms with Crippen molar-refractivity contribution in [1.29, 1.82) is 0 Å². The van der Waals surface area contributed by atoms with Crippen LogP contribution in [-0.2, 0) is 14.3 Å². The number of hydrogen-bond donors (Lipinski definition) is 3. The molecule has 0 heterocycles. The third-order valence-corrected chi connectivity index (χ3v) is 6.22. The number of benzene rings is 3. The summed E-state index contributed by atoms with van der Waals surface area (Å²) in [7, 11) is 0. The molecule has 0 aromatic heterocycles. The van der Waals surface area contributed by atoms with Gasteiger partial charge >= 0.3 is 5.97 Å². The van der Waals surface area contributed by atoms with Crippen LogP contribution in [0.1, 0.15) is 53.8 Å². The molecular formula is C32H29NO8. The number of carbonyl (C=O) groups excluding carboxylic acids is 4. The van der Waals surface area contributed by atoms with Gasteiger partial charge in [-0.25, -0.2) is 0 Å². The van der Waals surface area contributed by atoms with Gasteiger partial charge in [-0.3, -0.25) is 19.2 Å². The minimum atomic E-state index is -1.14. The number of nitrogens with one attached hydrogen (secondary N) is 1. The maximum Gasteiger partial charge on any atom is 0.306 e. The van der Waals surface area contributed by atoms with Gasteiger partial charge in [0, 0.05) is 24.1 Å². The molecule has 0 spiro atoms. The number of Topliss-reactive ketones (excluding diaryl/α,β-unsaturated/α-hetero) is 1. The Kier molecular flexibility index (Phi) is 8.98. The van der Waals surface area contributed by atoms with E-state index in [-0.39, 0.29) is 36.0 Å². The Morgan fingerprint density at radius 3 is 2.15 bits per heavy atom. The maximum absolute atomic E-state index is 13.2. The molecule has 1 amide bonds. The fourth-order valence-corrected chi connectivity index (χ4v) is 4.19. The number of hydrogen-bond acceptors (Lipinski definition) is 8. The van der Waals surface area contributed by atoms with Gasteiger partial charge < -0.3 is 25.0 Å². The number of allylic oxidation sites excluding steroid dienone is 2. The first-order chi connectivity index (χ1) is 19.6. The Morgan fingerprint density at radius 2 is 1.49 bits per heavy atom. The second kappa shape index (κ2) is 12.8. The Bertz CT molecular complexity index is 1530. The average Bonchev–Trinajstić information content (AvgIpc) is 2.94. The smallest absolute Gasteiger partial charge is 0.306 e. The number of ketones is 2. The van der Waals surface area contributed by atoms with Gasteiger partial charge in [0.15, 0.2) is 11.6 Å². The van der Waals surface area contributed by atoms with Crippen molar-refractivity contribution in [3.63, 3.8) is 0 Å². The van der Waals surface area contributed by atoms with E-state index in [9.17, 15) is 29.4 Å². The van der Waals surface area contributed by atoms with E-state index in [1.165, 1.54) is 0 Å². The first-order valence-corrected chi connectivity index (χ1v) is 12.9. The molecule has 0 bridgehead atoms. The summed E-state index contributed by atoms with van der Waals surface area (Å²) >= 11 is 0. The lowest BCUT2D eigenvalue weighted by Crippen LogP contribution is -2.29. The molecule has 3 N–H and O–H groups in total. The zero-order chi connectivity index (χ0) is 29.5. The number of phenols is 2. The molecule has 0 saturated carbocycles. The van der Waals surface area contributed by atoms with Crippen molar-refractivity contribution in [2.45, 2.75) is 39.2 Å². The van der Waals surface area contributed by atoms with Crippen molar-refractivity contribution < 1.29 is 38.9 Å². The van der Waals surface area contributed by atoms with Gasteiger partial charge in [-0.2, -0.15) is 0 Å². The van der Waals surface area contributed by atoms with Gasteiger partial charge in [0.25, 0.3) is 0 Å². The van der Waals surface area contributed by atoms with Crippen LogP contribution >= 0.6 is 0 Å². The van der Waals surface area contributed by atoms with Crippen molar-refractivity contribution in [3.8, 4) is 23.0 Å². The van der Waals surface area contributed by atoms with Crippen molar-refractivity contribution in [2.75, 3.05) is 5.32 Å². The van der Waals surface area contributed by atoms with E-state index < -0.39 is 41.0 Å². The Labute approximate surface area is 236 Å². The molecule has 1 aliphatic carbocycles. The molecule has 4 rings (SSSR count). The lowest BCUT2D eigenvalue weighted by Gasteiger charge is -2.23. The summed E-state index contributed by atoms with van der Waals surface area (Å²) in [6.45, 7) is 3.65. The average molecular weight is 556 g/mol. The van der Waals surface area contributed by atoms with Crippen LogP contribution in [0, 0.1) is 0 Å². The summed E-state index contributed by atoms with van der Waals surface area (Å²) in [5.74, 6) is -2.22. The minimum absolute atomic E-state index is 0.0947. The second-order valence-corrected chi connectivity index (χ2v) is 9.63. The fraction of sp³-hybridized carbons (Fsp3) is 0.188. The summed E-state index contributed by atoms with van der Waals surface area (Å²) in [4.78, 5) is 51.1. The summed E-state index contributed by atoms with van der Waals surface area (Å²) in [5, 5.41) is 23.0. The van der Waals surface area contributed by atoms with Crippen LogP contribution < -0.4 is 10.1 Å². The van der Waals surface area contributed by atoms with E-state index in [4.69, 9.17) is 9.47 Å². The number of fused-ring (bicyclic) bond motifs is 1. The van der Waals surface area contributed by atoms with Gasteiger partial charge in [-0.15, -0.1) is 0 Å². The molecule has 210 valence electrons. The minimum Gasteiger partial charge on any atom is -0.507 e. The van der Waals surface area contributed by atoms with Gasteiger partial charge in [-0.1, -0.05) is 29.8 Å². The van der Waals surface area contributed by atoms with Crippen LogP contribution in [0.15, 0.2) is 90.0 Å². The molecule has 41 heavy (non-hydrogen) atoms. The number of carbonyl (C=O) groups is 4. The summed E-state index contributed by atoms with van der Waals surface area (Å²) in [6.07, 6.45) is 1.26. The Balaban J connectivity index is 1.38. The summed E-state index contributed by atoms with van der Waals surface area (Å²) in [6, 6.07) is 18.2.